The van der Waals surface area contributed by atoms with Crippen molar-refractivity contribution >= 4 is 31.9 Å². The maximum Gasteiger partial charge on any atom is 0.188 e. The molecule has 4 heteroatoms. The summed E-state index contributed by atoms with van der Waals surface area (Å²) in [4.78, 5) is 1.08. The molecule has 1 saturated carbocycles. The second-order valence-electron chi connectivity index (χ2n) is 6.78. The largest absolute Gasteiger partial charge is 0.344 e. The van der Waals surface area contributed by atoms with Crippen LogP contribution < -0.4 is 0 Å². The Hall–Kier alpha value is 0.360. The highest BCUT2D eigenvalue weighted by atomic mass is 79.9. The van der Waals surface area contributed by atoms with E-state index in [1.165, 1.54) is 12.8 Å². The van der Waals surface area contributed by atoms with Gasteiger partial charge < -0.3 is 9.47 Å². The van der Waals surface area contributed by atoms with Crippen LogP contribution in [0.3, 0.4) is 0 Å². The number of alkyl halides is 2. The van der Waals surface area contributed by atoms with Crippen molar-refractivity contribution in [2.45, 2.75) is 47.5 Å². The summed E-state index contributed by atoms with van der Waals surface area (Å²) in [6.07, 6.45) is 15.1. The molecular formula is C16H20Br2O2. The second kappa shape index (κ2) is 4.68. The number of ether oxygens (including phenoxy) is 2. The molecule has 0 aromatic heterocycles. The highest BCUT2D eigenvalue weighted by Gasteiger charge is 2.61. The van der Waals surface area contributed by atoms with Gasteiger partial charge in [-0.15, -0.1) is 0 Å². The molecule has 0 bridgehead atoms. The second-order valence-corrected chi connectivity index (χ2v) is 9.13. The summed E-state index contributed by atoms with van der Waals surface area (Å²) < 4.78 is 11.9. The van der Waals surface area contributed by atoms with Gasteiger partial charge in [-0.25, -0.2) is 0 Å². The van der Waals surface area contributed by atoms with Crippen LogP contribution in [0.1, 0.15) is 32.1 Å². The van der Waals surface area contributed by atoms with E-state index >= 15 is 0 Å². The van der Waals surface area contributed by atoms with Crippen molar-refractivity contribution in [2.75, 3.05) is 13.2 Å². The van der Waals surface area contributed by atoms with Gasteiger partial charge in [0.2, 0.25) is 0 Å². The molecule has 1 spiro atoms. The number of rotatable bonds is 0. The first kappa shape index (κ1) is 14.0. The lowest BCUT2D eigenvalue weighted by atomic mass is 9.47. The zero-order valence-electron chi connectivity index (χ0n) is 11.5. The Kier molecular flexibility index (Phi) is 3.27. The number of hydrogen-bond acceptors (Lipinski definition) is 2. The predicted octanol–water partition coefficient (Wildman–Crippen LogP) is 4.33. The third-order valence-electron chi connectivity index (χ3n) is 5.77. The van der Waals surface area contributed by atoms with Gasteiger partial charge in [-0.05, 0) is 42.6 Å². The van der Waals surface area contributed by atoms with Crippen LogP contribution in [0.25, 0.3) is 0 Å². The average Bonchev–Trinajstić information content (AvgIpc) is 2.87. The Morgan fingerprint density at radius 2 is 1.60 bits per heavy atom. The molecule has 0 aromatic rings. The van der Waals surface area contributed by atoms with E-state index in [0.717, 1.165) is 32.5 Å². The van der Waals surface area contributed by atoms with E-state index in [-0.39, 0.29) is 10.8 Å². The molecular weight excluding hydrogens is 384 g/mol. The zero-order chi connectivity index (χ0) is 13.8. The Balaban J connectivity index is 1.78. The molecule has 0 radical (unpaired) electrons. The molecule has 3 aliphatic carbocycles. The van der Waals surface area contributed by atoms with E-state index in [4.69, 9.17) is 9.47 Å². The van der Waals surface area contributed by atoms with Crippen LogP contribution in [0, 0.1) is 10.8 Å². The van der Waals surface area contributed by atoms with Gasteiger partial charge in [0, 0.05) is 16.1 Å². The molecule has 0 aromatic carbocycles. The van der Waals surface area contributed by atoms with Crippen molar-refractivity contribution in [1.82, 2.24) is 0 Å². The molecule has 4 rings (SSSR count). The fraction of sp³-hybridized carbons (Fsp3) is 0.750. The SMILES string of the molecule is Br[C@@H]1C[C@]23C=CC4(C[C@]2(CC=CC3)C[C@@H]1Br)OCCO4. The first-order valence-corrected chi connectivity index (χ1v) is 9.34. The van der Waals surface area contributed by atoms with E-state index in [1.54, 1.807) is 0 Å². The standard InChI is InChI=1S/C16H20Br2O2/c17-12-9-14-3-1-2-4-15(14,10-13(12)18)11-16(6-5-14)19-7-8-20-16/h1-2,5-6,12-13H,3-4,7-11H2/t12-,13+,14+,15+/m1/s1. The fourth-order valence-electron chi connectivity index (χ4n) is 4.70. The van der Waals surface area contributed by atoms with Crippen LogP contribution in [0.4, 0.5) is 0 Å². The average molecular weight is 404 g/mol. The van der Waals surface area contributed by atoms with E-state index in [2.05, 4.69) is 56.2 Å². The fourth-order valence-corrected chi connectivity index (χ4v) is 6.28. The van der Waals surface area contributed by atoms with Gasteiger partial charge in [-0.2, -0.15) is 0 Å². The normalized spacial score (nSPS) is 49.1. The summed E-state index contributed by atoms with van der Waals surface area (Å²) in [6.45, 7) is 1.45. The summed E-state index contributed by atoms with van der Waals surface area (Å²) in [6, 6.07) is 0. The molecule has 0 unspecified atom stereocenters. The molecule has 0 N–H and O–H groups in total. The van der Waals surface area contributed by atoms with Crippen LogP contribution in [-0.4, -0.2) is 28.7 Å². The molecule has 2 nitrogen and oxygen atoms in total. The van der Waals surface area contributed by atoms with Crippen LogP contribution >= 0.6 is 31.9 Å². The van der Waals surface area contributed by atoms with Gasteiger partial charge in [0.1, 0.15) is 0 Å². The van der Waals surface area contributed by atoms with Gasteiger partial charge in [-0.1, -0.05) is 50.1 Å². The van der Waals surface area contributed by atoms with Crippen molar-refractivity contribution in [2.24, 2.45) is 10.8 Å². The Morgan fingerprint density at radius 3 is 2.40 bits per heavy atom. The van der Waals surface area contributed by atoms with Gasteiger partial charge in [-0.3, -0.25) is 0 Å². The Bertz CT molecular complexity index is 469. The minimum absolute atomic E-state index is 0.277. The summed E-state index contributed by atoms with van der Waals surface area (Å²) in [5.74, 6) is -0.444. The summed E-state index contributed by atoms with van der Waals surface area (Å²) in [7, 11) is 0. The summed E-state index contributed by atoms with van der Waals surface area (Å²) in [5.41, 5.74) is 0.556. The minimum Gasteiger partial charge on any atom is -0.344 e. The van der Waals surface area contributed by atoms with Crippen molar-refractivity contribution in [3.8, 4) is 0 Å². The maximum atomic E-state index is 5.97. The van der Waals surface area contributed by atoms with Crippen molar-refractivity contribution in [3.63, 3.8) is 0 Å². The molecule has 1 heterocycles. The highest BCUT2D eigenvalue weighted by Crippen LogP contribution is 2.65. The topological polar surface area (TPSA) is 18.5 Å². The molecule has 1 saturated heterocycles. The molecule has 110 valence electrons. The lowest BCUT2D eigenvalue weighted by molar-refractivity contribution is -0.175. The molecule has 4 aliphatic rings. The smallest absolute Gasteiger partial charge is 0.188 e. The van der Waals surface area contributed by atoms with Crippen LogP contribution in [0.2, 0.25) is 0 Å². The monoisotopic (exact) mass is 402 g/mol. The third-order valence-corrected chi connectivity index (χ3v) is 8.40. The van der Waals surface area contributed by atoms with Gasteiger partial charge >= 0.3 is 0 Å². The lowest BCUT2D eigenvalue weighted by Crippen LogP contribution is -2.56. The Morgan fingerprint density at radius 1 is 0.900 bits per heavy atom. The predicted molar refractivity (Wildman–Crippen MR) is 86.3 cm³/mol. The number of halogens is 2. The Labute approximate surface area is 137 Å². The van der Waals surface area contributed by atoms with Crippen molar-refractivity contribution < 1.29 is 9.47 Å². The molecule has 4 atom stereocenters. The van der Waals surface area contributed by atoms with Gasteiger partial charge in [0.15, 0.2) is 5.79 Å². The number of hydrogen-bond donors (Lipinski definition) is 0. The maximum absolute atomic E-state index is 5.97. The first-order valence-electron chi connectivity index (χ1n) is 7.50. The van der Waals surface area contributed by atoms with E-state index in [1.807, 2.05) is 0 Å². The molecule has 20 heavy (non-hydrogen) atoms. The van der Waals surface area contributed by atoms with Crippen molar-refractivity contribution in [1.29, 1.82) is 0 Å². The van der Waals surface area contributed by atoms with E-state index < -0.39 is 5.79 Å². The molecule has 2 fully saturated rings. The third kappa shape index (κ3) is 1.87. The minimum atomic E-state index is -0.444. The highest BCUT2D eigenvalue weighted by molar-refractivity contribution is 9.12. The van der Waals surface area contributed by atoms with Crippen LogP contribution in [0.5, 0.6) is 0 Å². The van der Waals surface area contributed by atoms with Crippen LogP contribution in [-0.2, 0) is 9.47 Å². The van der Waals surface area contributed by atoms with Gasteiger partial charge in [0.05, 0.1) is 13.2 Å². The molecule has 0 amide bonds. The van der Waals surface area contributed by atoms with Crippen molar-refractivity contribution in [3.05, 3.63) is 24.3 Å². The van der Waals surface area contributed by atoms with Crippen LogP contribution in [0.15, 0.2) is 24.3 Å². The number of allylic oxidation sites excluding steroid dienone is 3. The van der Waals surface area contributed by atoms with E-state index in [0.29, 0.717) is 9.65 Å². The quantitative estimate of drug-likeness (QED) is 0.442. The van der Waals surface area contributed by atoms with E-state index in [9.17, 15) is 0 Å². The lowest BCUT2D eigenvalue weighted by Gasteiger charge is -2.60. The van der Waals surface area contributed by atoms with Gasteiger partial charge in [0.25, 0.3) is 0 Å². The first-order chi connectivity index (χ1) is 9.59. The zero-order valence-corrected chi connectivity index (χ0v) is 14.7. The summed E-state index contributed by atoms with van der Waals surface area (Å²) >= 11 is 7.77. The molecule has 1 aliphatic heterocycles. The summed E-state index contributed by atoms with van der Waals surface area (Å²) in [5, 5.41) is 0.